The van der Waals surface area contributed by atoms with Crippen molar-refractivity contribution in [1.29, 1.82) is 0 Å². The summed E-state index contributed by atoms with van der Waals surface area (Å²) in [6.45, 7) is 4.27. The van der Waals surface area contributed by atoms with Crippen LogP contribution in [0.5, 0.6) is 0 Å². The molecule has 0 aromatic carbocycles. The van der Waals surface area contributed by atoms with Crippen molar-refractivity contribution < 1.29 is 0 Å². The topological polar surface area (TPSA) is 46.0 Å². The Balaban J connectivity index is 2.18. The minimum Gasteiger partial charge on any atom is -0.310 e. The summed E-state index contributed by atoms with van der Waals surface area (Å²) >= 11 is 2.04. The van der Waals surface area contributed by atoms with E-state index < -0.39 is 0 Å². The molecule has 1 N–H and O–H groups in total. The summed E-state index contributed by atoms with van der Waals surface area (Å²) in [6.07, 6.45) is 2.99. The average Bonchev–Trinajstić information content (AvgIpc) is 2.82. The molecule has 18 heavy (non-hydrogen) atoms. The normalized spacial score (nSPS) is 23.2. The van der Waals surface area contributed by atoms with Crippen LogP contribution in [0, 0.1) is 0 Å². The number of aryl methyl sites for hydroxylation is 1. The summed E-state index contributed by atoms with van der Waals surface area (Å²) in [5.41, 5.74) is 1.21. The second-order valence-corrected chi connectivity index (χ2v) is 5.92. The quantitative estimate of drug-likeness (QED) is 0.864. The molecular formula is C12H23N5S. The number of hydrogen-bond acceptors (Lipinski definition) is 5. The third kappa shape index (κ3) is 2.87. The van der Waals surface area contributed by atoms with Crippen LogP contribution in [0.4, 0.5) is 0 Å². The summed E-state index contributed by atoms with van der Waals surface area (Å²) in [6, 6.07) is 0.826. The lowest BCUT2D eigenvalue weighted by molar-refractivity contribution is 0.215. The fourth-order valence-electron chi connectivity index (χ4n) is 2.49. The zero-order valence-corrected chi connectivity index (χ0v) is 12.3. The Morgan fingerprint density at radius 1 is 1.61 bits per heavy atom. The molecule has 1 aliphatic rings. The number of nitrogens with one attached hydrogen (secondary N) is 1. The molecule has 2 atom stereocenters. The maximum absolute atomic E-state index is 4.20. The molecule has 1 fully saturated rings. The first-order valence-corrected chi connectivity index (χ1v) is 7.77. The number of likely N-dealkylation sites (N-methyl/N-ethyl adjacent to an activating group) is 2. The Kier molecular flexibility index (Phi) is 5.03. The van der Waals surface area contributed by atoms with Crippen LogP contribution in [-0.2, 0) is 6.54 Å². The Morgan fingerprint density at radius 3 is 3.11 bits per heavy atom. The zero-order chi connectivity index (χ0) is 13.0. The molecule has 0 saturated carbocycles. The van der Waals surface area contributed by atoms with Gasteiger partial charge >= 0.3 is 0 Å². The van der Waals surface area contributed by atoms with E-state index in [2.05, 4.69) is 34.5 Å². The minimum atomic E-state index is 0.310. The van der Waals surface area contributed by atoms with Crippen LogP contribution >= 0.6 is 11.8 Å². The van der Waals surface area contributed by atoms with E-state index in [0.29, 0.717) is 12.1 Å². The number of thioether (sulfide) groups is 1. The van der Waals surface area contributed by atoms with E-state index >= 15 is 0 Å². The molecule has 102 valence electrons. The number of rotatable bonds is 5. The lowest BCUT2D eigenvalue weighted by Gasteiger charge is -2.37. The lowest BCUT2D eigenvalue weighted by atomic mass is 10.1. The number of aromatic nitrogens is 3. The Labute approximate surface area is 113 Å². The van der Waals surface area contributed by atoms with Crippen molar-refractivity contribution in [2.24, 2.45) is 0 Å². The molecule has 0 radical (unpaired) electrons. The van der Waals surface area contributed by atoms with Gasteiger partial charge in [-0.1, -0.05) is 12.1 Å². The maximum Gasteiger partial charge on any atom is 0.0772 e. The Morgan fingerprint density at radius 2 is 2.44 bits per heavy atom. The van der Waals surface area contributed by atoms with Crippen molar-refractivity contribution in [2.45, 2.75) is 32.0 Å². The largest absolute Gasteiger partial charge is 0.310 e. The molecule has 0 aliphatic carbocycles. The van der Waals surface area contributed by atoms with E-state index in [1.54, 1.807) is 0 Å². The van der Waals surface area contributed by atoms with E-state index in [4.69, 9.17) is 0 Å². The molecular weight excluding hydrogens is 246 g/mol. The van der Waals surface area contributed by atoms with Crippen molar-refractivity contribution >= 4 is 11.8 Å². The van der Waals surface area contributed by atoms with Gasteiger partial charge in [0.2, 0.25) is 0 Å². The highest BCUT2D eigenvalue weighted by Crippen LogP contribution is 2.26. The van der Waals surface area contributed by atoms with E-state index in [9.17, 15) is 0 Å². The van der Waals surface area contributed by atoms with Gasteiger partial charge in [0.05, 0.1) is 17.9 Å². The van der Waals surface area contributed by atoms with Crippen molar-refractivity contribution in [1.82, 2.24) is 25.2 Å². The second-order valence-electron chi connectivity index (χ2n) is 4.77. The number of nitrogens with zero attached hydrogens (tertiary/aromatic N) is 4. The van der Waals surface area contributed by atoms with E-state index in [1.807, 2.05) is 29.7 Å². The lowest BCUT2D eigenvalue weighted by Crippen LogP contribution is -2.47. The maximum atomic E-state index is 4.20. The van der Waals surface area contributed by atoms with Crippen LogP contribution in [-0.4, -0.2) is 58.1 Å². The first kappa shape index (κ1) is 13.8. The van der Waals surface area contributed by atoms with Crippen molar-refractivity contribution in [3.05, 3.63) is 11.9 Å². The smallest absolute Gasteiger partial charge is 0.0772 e. The SMILES string of the molecule is CCCn1nncc1C(NC)C1CSCCN1C. The van der Waals surface area contributed by atoms with Gasteiger partial charge in [0.25, 0.3) is 0 Å². The first-order chi connectivity index (χ1) is 8.77. The molecule has 1 aliphatic heterocycles. The highest BCUT2D eigenvalue weighted by Gasteiger charge is 2.30. The Hall–Kier alpha value is -0.590. The van der Waals surface area contributed by atoms with Crippen molar-refractivity contribution in [3.63, 3.8) is 0 Å². The predicted octanol–water partition coefficient (Wildman–Crippen LogP) is 0.996. The molecule has 2 unspecified atom stereocenters. The van der Waals surface area contributed by atoms with Crippen LogP contribution < -0.4 is 5.32 Å². The molecule has 0 bridgehead atoms. The van der Waals surface area contributed by atoms with Crippen molar-refractivity contribution in [3.8, 4) is 0 Å². The van der Waals surface area contributed by atoms with Gasteiger partial charge in [-0.3, -0.25) is 4.90 Å². The molecule has 5 nitrogen and oxygen atoms in total. The van der Waals surface area contributed by atoms with Crippen LogP contribution in [0.15, 0.2) is 6.20 Å². The summed E-state index contributed by atoms with van der Waals surface area (Å²) < 4.78 is 2.04. The van der Waals surface area contributed by atoms with Gasteiger partial charge < -0.3 is 5.32 Å². The monoisotopic (exact) mass is 269 g/mol. The molecule has 6 heteroatoms. The third-order valence-electron chi connectivity index (χ3n) is 3.54. The molecule has 1 aromatic rings. The van der Waals surface area contributed by atoms with Gasteiger partial charge in [-0.15, -0.1) is 5.10 Å². The van der Waals surface area contributed by atoms with Gasteiger partial charge in [0, 0.05) is 30.6 Å². The van der Waals surface area contributed by atoms with Gasteiger partial charge in [0.15, 0.2) is 0 Å². The third-order valence-corrected chi connectivity index (χ3v) is 4.59. The number of hydrogen-bond donors (Lipinski definition) is 1. The minimum absolute atomic E-state index is 0.310. The fourth-order valence-corrected chi connectivity index (χ4v) is 3.76. The molecule has 0 spiro atoms. The van der Waals surface area contributed by atoms with Crippen molar-refractivity contribution in [2.75, 3.05) is 32.1 Å². The van der Waals surface area contributed by atoms with Gasteiger partial charge in [-0.25, -0.2) is 4.68 Å². The highest BCUT2D eigenvalue weighted by molar-refractivity contribution is 7.99. The van der Waals surface area contributed by atoms with Crippen LogP contribution in [0.25, 0.3) is 0 Å². The fraction of sp³-hybridized carbons (Fsp3) is 0.833. The zero-order valence-electron chi connectivity index (χ0n) is 11.5. The van der Waals surface area contributed by atoms with E-state index in [1.165, 1.54) is 17.2 Å². The van der Waals surface area contributed by atoms with Gasteiger partial charge in [0.1, 0.15) is 0 Å². The second kappa shape index (κ2) is 6.54. The summed E-state index contributed by atoms with van der Waals surface area (Å²) in [4.78, 5) is 2.45. The predicted molar refractivity (Wildman–Crippen MR) is 75.9 cm³/mol. The summed E-state index contributed by atoms with van der Waals surface area (Å²) in [7, 11) is 4.24. The summed E-state index contributed by atoms with van der Waals surface area (Å²) in [5.74, 6) is 2.40. The van der Waals surface area contributed by atoms with Gasteiger partial charge in [-0.2, -0.15) is 11.8 Å². The molecule has 1 aromatic heterocycles. The van der Waals surface area contributed by atoms with Crippen LogP contribution in [0.3, 0.4) is 0 Å². The highest BCUT2D eigenvalue weighted by atomic mass is 32.2. The Bertz CT molecular complexity index is 367. The van der Waals surface area contributed by atoms with Gasteiger partial charge in [-0.05, 0) is 20.5 Å². The van der Waals surface area contributed by atoms with Crippen LogP contribution in [0.2, 0.25) is 0 Å². The molecule has 2 heterocycles. The van der Waals surface area contributed by atoms with Crippen LogP contribution in [0.1, 0.15) is 25.1 Å². The van der Waals surface area contributed by atoms with E-state index in [-0.39, 0.29) is 0 Å². The first-order valence-electron chi connectivity index (χ1n) is 6.61. The molecule has 1 saturated heterocycles. The molecule has 0 amide bonds. The average molecular weight is 269 g/mol. The van der Waals surface area contributed by atoms with E-state index in [0.717, 1.165) is 19.5 Å². The molecule has 2 rings (SSSR count). The summed E-state index contributed by atoms with van der Waals surface area (Å²) in [5, 5.41) is 11.7. The standard InChI is InChI=1S/C12H23N5S/c1-4-5-17-10(8-14-15-17)12(13-2)11-9-18-7-6-16(11)3/h8,11-13H,4-7,9H2,1-3H3.